The van der Waals surface area contributed by atoms with Crippen LogP contribution >= 0.6 is 0 Å². The number of rotatable bonds is 2. The molecule has 0 unspecified atom stereocenters. The summed E-state index contributed by atoms with van der Waals surface area (Å²) in [5.41, 5.74) is -1.77. The molecule has 0 amide bonds. The van der Waals surface area contributed by atoms with Crippen LogP contribution in [0.25, 0.3) is 0 Å². The third kappa shape index (κ3) is 4.45. The maximum absolute atomic E-state index is 13.1. The van der Waals surface area contributed by atoms with Crippen molar-refractivity contribution in [2.45, 2.75) is 37.0 Å². The van der Waals surface area contributed by atoms with Gasteiger partial charge in [-0.3, -0.25) is 0 Å². The van der Waals surface area contributed by atoms with Gasteiger partial charge in [0, 0.05) is 18.1 Å². The minimum absolute atomic E-state index is 0.0257. The van der Waals surface area contributed by atoms with Crippen LogP contribution in [0.2, 0.25) is 0 Å². The highest BCUT2D eigenvalue weighted by Crippen LogP contribution is 2.46. The van der Waals surface area contributed by atoms with Crippen molar-refractivity contribution in [3.05, 3.63) is 82.9 Å². The van der Waals surface area contributed by atoms with Gasteiger partial charge in [0.2, 0.25) is 5.79 Å². The minimum atomic E-state index is -4.62. The summed E-state index contributed by atoms with van der Waals surface area (Å²) in [5, 5.41) is 0. The molecule has 164 valence electrons. The van der Waals surface area contributed by atoms with Crippen LogP contribution in [0, 0.1) is 0 Å². The number of carbonyl (C=O) groups is 1. The molecule has 2 aliphatic rings. The van der Waals surface area contributed by atoms with Crippen LogP contribution < -0.4 is 0 Å². The second-order valence-corrected chi connectivity index (χ2v) is 7.09. The lowest BCUT2D eigenvalue weighted by Crippen LogP contribution is -2.41. The molecule has 2 aromatic carbocycles. The number of hydrogen-bond donors (Lipinski definition) is 0. The average molecular weight is 444 g/mol. The van der Waals surface area contributed by atoms with Gasteiger partial charge in [-0.25, -0.2) is 4.79 Å². The lowest BCUT2D eigenvalue weighted by Gasteiger charge is -2.40. The highest BCUT2D eigenvalue weighted by Gasteiger charge is 2.48. The number of ether oxygens (including phenoxy) is 3. The predicted octanol–water partition coefficient (Wildman–Crippen LogP) is 5.71. The van der Waals surface area contributed by atoms with E-state index in [0.29, 0.717) is 0 Å². The fraction of sp³-hybridized carbons (Fsp3) is 0.286. The van der Waals surface area contributed by atoms with Crippen LogP contribution in [0.5, 0.6) is 0 Å². The summed E-state index contributed by atoms with van der Waals surface area (Å²) in [5.74, 6) is -2.42. The van der Waals surface area contributed by atoms with Crippen molar-refractivity contribution in [1.82, 2.24) is 0 Å². The normalized spacial score (nSPS) is 26.3. The van der Waals surface area contributed by atoms with E-state index in [9.17, 15) is 31.1 Å². The summed E-state index contributed by atoms with van der Waals surface area (Å²) in [4.78, 5) is 11.6. The van der Waals surface area contributed by atoms with Crippen LogP contribution in [0.3, 0.4) is 0 Å². The van der Waals surface area contributed by atoms with Gasteiger partial charge in [0.15, 0.2) is 6.29 Å². The Morgan fingerprint density at radius 1 is 0.871 bits per heavy atom. The van der Waals surface area contributed by atoms with Crippen molar-refractivity contribution < 1.29 is 45.3 Å². The lowest BCUT2D eigenvalue weighted by molar-refractivity contribution is -0.335. The fourth-order valence-electron chi connectivity index (χ4n) is 3.44. The number of benzene rings is 2. The van der Waals surface area contributed by atoms with Gasteiger partial charge in [0.05, 0.1) is 17.2 Å². The molecule has 31 heavy (non-hydrogen) atoms. The lowest BCUT2D eigenvalue weighted by atomic mass is 9.97. The van der Waals surface area contributed by atoms with E-state index in [-0.39, 0.29) is 17.5 Å². The standard InChI is InChI=1S/C21H14F6O4/c22-20(23,24)14-5-1-3-12(9-14)16-11-19(8-7-17(28)30-19)31-18(29-16)13-4-2-6-15(10-13)21(25,26)27/h1-10,16,18H,11H2/t16-,18+,19-/m1/s1. The Bertz CT molecular complexity index is 962. The first-order chi connectivity index (χ1) is 14.5. The van der Waals surface area contributed by atoms with Gasteiger partial charge in [0.25, 0.3) is 0 Å². The van der Waals surface area contributed by atoms with Gasteiger partial charge in [-0.2, -0.15) is 26.3 Å². The Labute approximate surface area is 172 Å². The number of hydrogen-bond acceptors (Lipinski definition) is 4. The van der Waals surface area contributed by atoms with Crippen molar-refractivity contribution >= 4 is 5.97 Å². The zero-order valence-electron chi connectivity index (χ0n) is 15.5. The maximum atomic E-state index is 13.1. The van der Waals surface area contributed by atoms with Gasteiger partial charge < -0.3 is 14.2 Å². The predicted molar refractivity (Wildman–Crippen MR) is 93.1 cm³/mol. The maximum Gasteiger partial charge on any atom is 0.416 e. The van der Waals surface area contributed by atoms with E-state index >= 15 is 0 Å². The van der Waals surface area contributed by atoms with Gasteiger partial charge in [-0.05, 0) is 35.9 Å². The van der Waals surface area contributed by atoms with Gasteiger partial charge >= 0.3 is 18.3 Å². The summed E-state index contributed by atoms with van der Waals surface area (Å²) in [7, 11) is 0. The number of alkyl halides is 6. The first kappa shape index (κ1) is 21.4. The molecule has 0 aromatic heterocycles. The van der Waals surface area contributed by atoms with E-state index in [1.165, 1.54) is 24.3 Å². The molecular weight excluding hydrogens is 430 g/mol. The first-order valence-electron chi connectivity index (χ1n) is 9.05. The summed E-state index contributed by atoms with van der Waals surface area (Å²) in [6, 6.07) is 8.51. The summed E-state index contributed by atoms with van der Waals surface area (Å²) < 4.78 is 95.3. The van der Waals surface area contributed by atoms with Crippen LogP contribution in [0.1, 0.15) is 41.1 Å². The number of carbonyl (C=O) groups excluding carboxylic acids is 1. The van der Waals surface area contributed by atoms with Crippen molar-refractivity contribution in [3.8, 4) is 0 Å². The molecule has 2 aromatic rings. The molecule has 0 aliphatic carbocycles. The molecule has 4 rings (SSSR count). The van der Waals surface area contributed by atoms with Gasteiger partial charge in [0.1, 0.15) is 0 Å². The third-order valence-corrected chi connectivity index (χ3v) is 4.88. The second kappa shape index (κ2) is 7.38. The molecule has 0 saturated carbocycles. The summed E-state index contributed by atoms with van der Waals surface area (Å²) in [6.07, 6.45) is -9.51. The molecule has 10 heteroatoms. The molecule has 4 nitrogen and oxygen atoms in total. The van der Waals surface area contributed by atoms with Crippen molar-refractivity contribution in [1.29, 1.82) is 0 Å². The Morgan fingerprint density at radius 3 is 2.00 bits per heavy atom. The topological polar surface area (TPSA) is 44.8 Å². The Kier molecular flexibility index (Phi) is 5.09. The van der Waals surface area contributed by atoms with Crippen LogP contribution in [0.15, 0.2) is 60.7 Å². The first-order valence-corrected chi connectivity index (χ1v) is 9.05. The van der Waals surface area contributed by atoms with E-state index in [4.69, 9.17) is 14.2 Å². The minimum Gasteiger partial charge on any atom is -0.426 e. The highest BCUT2D eigenvalue weighted by molar-refractivity contribution is 5.85. The molecule has 1 saturated heterocycles. The fourth-order valence-corrected chi connectivity index (χ4v) is 3.44. The third-order valence-electron chi connectivity index (χ3n) is 4.88. The quantitative estimate of drug-likeness (QED) is 0.440. The van der Waals surface area contributed by atoms with Gasteiger partial charge in [-0.1, -0.05) is 24.3 Å². The SMILES string of the molecule is O=C1C=C[C@@]2(C[C@H](c3cccc(C(F)(F)F)c3)O[C@H](c3cccc(C(F)(F)F)c3)O2)O1. The van der Waals surface area contributed by atoms with Crippen molar-refractivity contribution in [2.24, 2.45) is 0 Å². The van der Waals surface area contributed by atoms with E-state index in [1.54, 1.807) is 0 Å². The Hall–Kier alpha value is -2.85. The molecule has 1 spiro atoms. The van der Waals surface area contributed by atoms with Crippen LogP contribution in [-0.2, 0) is 31.4 Å². The monoisotopic (exact) mass is 444 g/mol. The van der Waals surface area contributed by atoms with E-state index in [1.807, 2.05) is 0 Å². The van der Waals surface area contributed by atoms with Crippen LogP contribution in [0.4, 0.5) is 26.3 Å². The molecule has 2 aliphatic heterocycles. The Morgan fingerprint density at radius 2 is 1.45 bits per heavy atom. The smallest absolute Gasteiger partial charge is 0.416 e. The van der Waals surface area contributed by atoms with Crippen molar-refractivity contribution in [3.63, 3.8) is 0 Å². The van der Waals surface area contributed by atoms with E-state index in [0.717, 1.165) is 36.4 Å². The second-order valence-electron chi connectivity index (χ2n) is 7.09. The van der Waals surface area contributed by atoms with Crippen molar-refractivity contribution in [2.75, 3.05) is 0 Å². The molecular formula is C21H14F6O4. The summed E-state index contributed by atoms with van der Waals surface area (Å²) >= 11 is 0. The molecule has 0 N–H and O–H groups in total. The van der Waals surface area contributed by atoms with E-state index < -0.39 is 47.6 Å². The van der Waals surface area contributed by atoms with Crippen LogP contribution in [-0.4, -0.2) is 11.8 Å². The zero-order chi connectivity index (χ0) is 22.4. The molecule has 0 bridgehead atoms. The molecule has 2 heterocycles. The molecule has 1 fully saturated rings. The summed E-state index contributed by atoms with van der Waals surface area (Å²) in [6.45, 7) is 0. The largest absolute Gasteiger partial charge is 0.426 e. The van der Waals surface area contributed by atoms with Gasteiger partial charge in [-0.15, -0.1) is 0 Å². The molecule has 0 radical (unpaired) electrons. The molecule has 3 atom stereocenters. The average Bonchev–Trinajstić information content (AvgIpc) is 3.06. The highest BCUT2D eigenvalue weighted by atomic mass is 19.4. The zero-order valence-corrected chi connectivity index (χ0v) is 15.5. The van der Waals surface area contributed by atoms with E-state index in [2.05, 4.69) is 0 Å². The Balaban J connectivity index is 1.72. The number of halogens is 6. The number of esters is 1.